The van der Waals surface area contributed by atoms with E-state index in [1.54, 1.807) is 18.2 Å². The number of fused-ring (bicyclic) bond motifs is 1. The Balaban J connectivity index is 1.48. The zero-order chi connectivity index (χ0) is 19.5. The minimum absolute atomic E-state index is 0.0390. The molecule has 144 valence electrons. The lowest BCUT2D eigenvalue weighted by atomic mass is 9.75. The third-order valence-corrected chi connectivity index (χ3v) is 5.46. The summed E-state index contributed by atoms with van der Waals surface area (Å²) in [6, 6.07) is 16.8. The maximum atomic E-state index is 12.6. The molecule has 0 bridgehead atoms. The zero-order valence-corrected chi connectivity index (χ0v) is 15.6. The molecule has 0 saturated heterocycles. The number of rotatable bonds is 6. The largest absolute Gasteiger partial charge is 0.508 e. The quantitative estimate of drug-likeness (QED) is 0.615. The van der Waals surface area contributed by atoms with Crippen LogP contribution in [-0.2, 0) is 11.2 Å². The average molecular weight is 376 g/mol. The molecule has 4 rings (SSSR count). The minimum Gasteiger partial charge on any atom is -0.508 e. The number of hydrogen-bond donors (Lipinski definition) is 3. The van der Waals surface area contributed by atoms with Crippen LogP contribution in [-0.4, -0.2) is 27.2 Å². The van der Waals surface area contributed by atoms with Gasteiger partial charge in [0.15, 0.2) is 0 Å². The topological polar surface area (TPSA) is 82.5 Å². The molecule has 3 N–H and O–H groups in total. The highest BCUT2D eigenvalue weighted by atomic mass is 16.3. The van der Waals surface area contributed by atoms with E-state index >= 15 is 0 Å². The van der Waals surface area contributed by atoms with Gasteiger partial charge >= 0.3 is 0 Å². The van der Waals surface area contributed by atoms with Crippen molar-refractivity contribution < 1.29 is 15.0 Å². The van der Waals surface area contributed by atoms with Gasteiger partial charge in [-0.25, -0.2) is 0 Å². The SMILES string of the molecule is O=C(CCc1cccc(O)c1)N[C@H](c1cnc2ccccc2c1)C1CC(O)C1. The minimum atomic E-state index is -0.287. The van der Waals surface area contributed by atoms with E-state index in [0.717, 1.165) is 22.0 Å². The third-order valence-electron chi connectivity index (χ3n) is 5.46. The molecule has 0 radical (unpaired) electrons. The van der Waals surface area contributed by atoms with Gasteiger partial charge < -0.3 is 15.5 Å². The Morgan fingerprint density at radius 2 is 1.96 bits per heavy atom. The number of phenols is 1. The molecule has 5 nitrogen and oxygen atoms in total. The number of nitrogens with one attached hydrogen (secondary N) is 1. The molecule has 5 heteroatoms. The molecular formula is C23H24N2O3. The van der Waals surface area contributed by atoms with E-state index in [9.17, 15) is 15.0 Å². The van der Waals surface area contributed by atoms with Crippen molar-refractivity contribution in [3.63, 3.8) is 0 Å². The van der Waals surface area contributed by atoms with E-state index in [1.165, 1.54) is 0 Å². The van der Waals surface area contributed by atoms with Crippen LogP contribution < -0.4 is 5.32 Å². The van der Waals surface area contributed by atoms with E-state index in [0.29, 0.717) is 25.7 Å². The maximum absolute atomic E-state index is 12.6. The van der Waals surface area contributed by atoms with Crippen LogP contribution in [0.4, 0.5) is 0 Å². The Morgan fingerprint density at radius 3 is 2.75 bits per heavy atom. The molecule has 2 aromatic carbocycles. The van der Waals surface area contributed by atoms with Gasteiger partial charge in [-0.15, -0.1) is 0 Å². The van der Waals surface area contributed by atoms with Crippen LogP contribution in [0.3, 0.4) is 0 Å². The lowest BCUT2D eigenvalue weighted by Crippen LogP contribution is -2.41. The number of aromatic nitrogens is 1. The summed E-state index contributed by atoms with van der Waals surface area (Å²) >= 11 is 0. The number of pyridine rings is 1. The fourth-order valence-electron chi connectivity index (χ4n) is 3.85. The second kappa shape index (κ2) is 7.98. The van der Waals surface area contributed by atoms with Crippen molar-refractivity contribution >= 4 is 16.8 Å². The number of aromatic hydroxyl groups is 1. The number of aryl methyl sites for hydroxylation is 1. The average Bonchev–Trinajstić information content (AvgIpc) is 2.68. The molecular weight excluding hydrogens is 352 g/mol. The van der Waals surface area contributed by atoms with Crippen molar-refractivity contribution in [3.05, 3.63) is 71.9 Å². The number of hydrogen-bond acceptors (Lipinski definition) is 4. The van der Waals surface area contributed by atoms with Crippen molar-refractivity contribution in [1.29, 1.82) is 0 Å². The summed E-state index contributed by atoms with van der Waals surface area (Å²) in [6.07, 6.45) is 3.82. The van der Waals surface area contributed by atoms with Gasteiger partial charge in [-0.3, -0.25) is 9.78 Å². The smallest absolute Gasteiger partial charge is 0.220 e. The Labute approximate surface area is 164 Å². The molecule has 1 heterocycles. The van der Waals surface area contributed by atoms with Gasteiger partial charge in [0.2, 0.25) is 5.91 Å². The lowest BCUT2D eigenvalue weighted by Gasteiger charge is -2.38. The zero-order valence-electron chi connectivity index (χ0n) is 15.6. The number of para-hydroxylation sites is 1. The molecule has 28 heavy (non-hydrogen) atoms. The van der Waals surface area contributed by atoms with Gasteiger partial charge in [-0.1, -0.05) is 30.3 Å². The summed E-state index contributed by atoms with van der Waals surface area (Å²) in [5.41, 5.74) is 2.83. The molecule has 0 aliphatic heterocycles. The third kappa shape index (κ3) is 4.15. The summed E-state index contributed by atoms with van der Waals surface area (Å²) < 4.78 is 0. The van der Waals surface area contributed by atoms with Gasteiger partial charge in [0.05, 0.1) is 17.7 Å². The number of carbonyl (C=O) groups is 1. The van der Waals surface area contributed by atoms with Crippen molar-refractivity contribution in [2.45, 2.75) is 37.8 Å². The molecule has 1 aliphatic carbocycles. The fraction of sp³-hybridized carbons (Fsp3) is 0.304. The molecule has 3 aromatic rings. The number of aliphatic hydroxyl groups is 1. The molecule has 1 saturated carbocycles. The molecule has 1 atom stereocenters. The molecule has 1 aromatic heterocycles. The maximum Gasteiger partial charge on any atom is 0.220 e. The van der Waals surface area contributed by atoms with Crippen LogP contribution in [0.5, 0.6) is 5.75 Å². The van der Waals surface area contributed by atoms with Crippen LogP contribution in [0.25, 0.3) is 10.9 Å². The lowest BCUT2D eigenvalue weighted by molar-refractivity contribution is -0.123. The summed E-state index contributed by atoms with van der Waals surface area (Å²) in [5, 5.41) is 23.5. The van der Waals surface area contributed by atoms with E-state index < -0.39 is 0 Å². The van der Waals surface area contributed by atoms with Gasteiger partial charge in [-0.2, -0.15) is 0 Å². The first-order valence-corrected chi connectivity index (χ1v) is 9.68. The highest BCUT2D eigenvalue weighted by Crippen LogP contribution is 2.38. The number of carbonyl (C=O) groups excluding carboxylic acids is 1. The summed E-state index contributed by atoms with van der Waals surface area (Å²) in [4.78, 5) is 17.1. The summed E-state index contributed by atoms with van der Waals surface area (Å²) in [7, 11) is 0. The number of benzene rings is 2. The number of amides is 1. The standard InChI is InChI=1S/C23H24N2O3/c26-19-6-3-4-15(10-19)8-9-22(28)25-23(17-12-20(27)13-17)18-11-16-5-1-2-7-21(16)24-14-18/h1-7,10-11,14,17,20,23,26-27H,8-9,12-13H2,(H,25,28)/t17?,20?,23-/m0/s1. The first kappa shape index (κ1) is 18.4. The molecule has 0 spiro atoms. The molecule has 1 fully saturated rings. The van der Waals surface area contributed by atoms with Crippen molar-refractivity contribution in [1.82, 2.24) is 10.3 Å². The summed E-state index contributed by atoms with van der Waals surface area (Å²) in [6.45, 7) is 0. The van der Waals surface area contributed by atoms with E-state index in [1.807, 2.05) is 36.5 Å². The predicted octanol–water partition coefficient (Wildman–Crippen LogP) is 3.50. The van der Waals surface area contributed by atoms with E-state index in [-0.39, 0.29) is 29.7 Å². The Bertz CT molecular complexity index is 982. The Morgan fingerprint density at radius 1 is 1.14 bits per heavy atom. The van der Waals surface area contributed by atoms with Crippen LogP contribution in [0.15, 0.2) is 60.8 Å². The number of nitrogens with zero attached hydrogens (tertiary/aromatic N) is 1. The van der Waals surface area contributed by atoms with E-state index in [2.05, 4.69) is 16.4 Å². The normalized spacial score (nSPS) is 19.8. The van der Waals surface area contributed by atoms with Crippen LogP contribution in [0, 0.1) is 5.92 Å². The van der Waals surface area contributed by atoms with Gasteiger partial charge in [0.1, 0.15) is 5.75 Å². The molecule has 0 unspecified atom stereocenters. The van der Waals surface area contributed by atoms with Crippen LogP contribution in [0.2, 0.25) is 0 Å². The second-order valence-corrected chi connectivity index (χ2v) is 7.56. The van der Waals surface area contributed by atoms with Gasteiger partial charge in [0.25, 0.3) is 0 Å². The number of aliphatic hydroxyl groups excluding tert-OH is 1. The predicted molar refractivity (Wildman–Crippen MR) is 108 cm³/mol. The molecule has 1 amide bonds. The highest BCUT2D eigenvalue weighted by Gasteiger charge is 2.35. The van der Waals surface area contributed by atoms with Gasteiger partial charge in [0, 0.05) is 18.0 Å². The van der Waals surface area contributed by atoms with Crippen molar-refractivity contribution in [2.24, 2.45) is 5.92 Å². The van der Waals surface area contributed by atoms with Gasteiger partial charge in [-0.05, 0) is 60.6 Å². The fourth-order valence-corrected chi connectivity index (χ4v) is 3.85. The Kier molecular flexibility index (Phi) is 5.26. The number of phenolic OH excluding ortho intramolecular Hbond substituents is 1. The van der Waals surface area contributed by atoms with Crippen molar-refractivity contribution in [3.8, 4) is 5.75 Å². The van der Waals surface area contributed by atoms with Crippen molar-refractivity contribution in [2.75, 3.05) is 0 Å². The first-order chi connectivity index (χ1) is 13.6. The van der Waals surface area contributed by atoms with E-state index in [4.69, 9.17) is 0 Å². The summed E-state index contributed by atoms with van der Waals surface area (Å²) in [5.74, 6) is 0.382. The first-order valence-electron chi connectivity index (χ1n) is 9.68. The van der Waals surface area contributed by atoms with Crippen LogP contribution in [0.1, 0.15) is 36.4 Å². The van der Waals surface area contributed by atoms with Crippen LogP contribution >= 0.6 is 0 Å². The highest BCUT2D eigenvalue weighted by molar-refractivity contribution is 5.80. The second-order valence-electron chi connectivity index (χ2n) is 7.56. The molecule has 1 aliphatic rings. The monoisotopic (exact) mass is 376 g/mol. The Hall–Kier alpha value is -2.92.